The highest BCUT2D eigenvalue weighted by molar-refractivity contribution is 6.34. The Balaban J connectivity index is 2.45. The number of carbonyl (C=O) groups is 1. The summed E-state index contributed by atoms with van der Waals surface area (Å²) < 4.78 is 0. The number of hydrogen-bond donors (Lipinski definition) is 2. The average Bonchev–Trinajstić information content (AvgIpc) is 2.29. The normalized spacial score (nSPS) is 13.2. The molecule has 1 aromatic carbocycles. The quantitative estimate of drug-likeness (QED) is 0.588. The largest absolute Gasteiger partial charge is 0.477 e. The van der Waals surface area contributed by atoms with Crippen molar-refractivity contribution in [1.29, 1.82) is 0 Å². The van der Waals surface area contributed by atoms with Crippen LogP contribution in [0.25, 0.3) is 0 Å². The molecule has 86 valence electrons. The number of carboxylic acids is 1. The summed E-state index contributed by atoms with van der Waals surface area (Å²) in [5.74, 6) is -0.702. The summed E-state index contributed by atoms with van der Waals surface area (Å²) >= 11 is 0. The van der Waals surface area contributed by atoms with Gasteiger partial charge in [0.15, 0.2) is 0 Å². The fourth-order valence-electron chi connectivity index (χ4n) is 1.25. The van der Waals surface area contributed by atoms with Crippen molar-refractivity contribution < 1.29 is 9.90 Å². The third kappa shape index (κ3) is 3.73. The fraction of sp³-hybridized carbons (Fsp3) is 0.333. The molecular weight excluding hydrogens is 204 g/mol. The van der Waals surface area contributed by atoms with Gasteiger partial charge in [-0.15, -0.1) is 0 Å². The van der Waals surface area contributed by atoms with Gasteiger partial charge >= 0.3 is 5.97 Å². The van der Waals surface area contributed by atoms with Crippen LogP contribution in [-0.2, 0) is 4.79 Å². The molecule has 0 bridgehead atoms. The van der Waals surface area contributed by atoms with Crippen molar-refractivity contribution >= 4 is 11.7 Å². The first-order valence-corrected chi connectivity index (χ1v) is 5.16. The molecule has 1 rings (SSSR count). The second kappa shape index (κ2) is 5.90. The van der Waals surface area contributed by atoms with E-state index in [-0.39, 0.29) is 5.71 Å². The molecule has 1 unspecified atom stereocenters. The average molecular weight is 220 g/mol. The van der Waals surface area contributed by atoms with Crippen LogP contribution in [0.1, 0.15) is 25.3 Å². The third-order valence-corrected chi connectivity index (χ3v) is 2.32. The molecule has 0 aliphatic carbocycles. The van der Waals surface area contributed by atoms with Crippen molar-refractivity contribution in [2.75, 3.05) is 6.54 Å². The number of nitrogens with zero attached hydrogens (tertiary/aromatic N) is 1. The molecule has 4 heteroatoms. The van der Waals surface area contributed by atoms with Crippen molar-refractivity contribution in [2.45, 2.75) is 19.8 Å². The second-order valence-corrected chi connectivity index (χ2v) is 3.68. The van der Waals surface area contributed by atoms with Crippen LogP contribution < -0.4 is 5.43 Å². The van der Waals surface area contributed by atoms with Gasteiger partial charge < -0.3 is 10.5 Å². The highest BCUT2D eigenvalue weighted by Gasteiger charge is 2.04. The molecule has 0 saturated heterocycles. The van der Waals surface area contributed by atoms with Crippen LogP contribution in [0.15, 0.2) is 35.4 Å². The minimum atomic E-state index is -1.00. The standard InChI is InChI=1S/C12H16N2O2/c1-9(11-6-4-3-5-7-11)8-13-14-10(2)12(15)16/h3-7,9,13H,8H2,1-2H3,(H,15,16)/b14-10-. The molecule has 0 aliphatic rings. The molecule has 0 saturated carbocycles. The summed E-state index contributed by atoms with van der Waals surface area (Å²) in [6.07, 6.45) is 0. The summed E-state index contributed by atoms with van der Waals surface area (Å²) in [5.41, 5.74) is 4.05. The molecule has 0 spiro atoms. The van der Waals surface area contributed by atoms with Gasteiger partial charge in [-0.1, -0.05) is 37.3 Å². The maximum Gasteiger partial charge on any atom is 0.351 e. The van der Waals surface area contributed by atoms with E-state index in [9.17, 15) is 4.79 Å². The first-order valence-electron chi connectivity index (χ1n) is 5.16. The Kier molecular flexibility index (Phi) is 4.51. The lowest BCUT2D eigenvalue weighted by molar-refractivity contribution is -0.129. The number of hydrazone groups is 1. The Morgan fingerprint density at radius 1 is 1.44 bits per heavy atom. The van der Waals surface area contributed by atoms with E-state index in [1.807, 2.05) is 30.3 Å². The van der Waals surface area contributed by atoms with E-state index in [4.69, 9.17) is 5.11 Å². The van der Waals surface area contributed by atoms with Crippen LogP contribution in [0.5, 0.6) is 0 Å². The lowest BCUT2D eigenvalue weighted by atomic mass is 10.0. The van der Waals surface area contributed by atoms with E-state index >= 15 is 0 Å². The van der Waals surface area contributed by atoms with Crippen LogP contribution >= 0.6 is 0 Å². The number of nitrogens with one attached hydrogen (secondary N) is 1. The Morgan fingerprint density at radius 2 is 2.06 bits per heavy atom. The van der Waals surface area contributed by atoms with E-state index in [2.05, 4.69) is 17.5 Å². The van der Waals surface area contributed by atoms with Crippen molar-refractivity contribution in [3.8, 4) is 0 Å². The third-order valence-electron chi connectivity index (χ3n) is 2.32. The molecule has 1 atom stereocenters. The molecule has 16 heavy (non-hydrogen) atoms. The Bertz CT molecular complexity index is 374. The summed E-state index contributed by atoms with van der Waals surface area (Å²) in [5, 5.41) is 12.3. The van der Waals surface area contributed by atoms with Gasteiger partial charge in [-0.3, -0.25) is 0 Å². The first-order chi connectivity index (χ1) is 7.61. The zero-order valence-corrected chi connectivity index (χ0v) is 9.47. The fourth-order valence-corrected chi connectivity index (χ4v) is 1.25. The monoisotopic (exact) mass is 220 g/mol. The number of benzene rings is 1. The maximum absolute atomic E-state index is 10.5. The topological polar surface area (TPSA) is 61.7 Å². The van der Waals surface area contributed by atoms with E-state index < -0.39 is 5.97 Å². The van der Waals surface area contributed by atoms with Crippen molar-refractivity contribution in [1.82, 2.24) is 5.43 Å². The van der Waals surface area contributed by atoms with Crippen LogP contribution in [0.4, 0.5) is 0 Å². The van der Waals surface area contributed by atoms with Crippen LogP contribution in [-0.4, -0.2) is 23.3 Å². The molecule has 0 radical (unpaired) electrons. The summed E-state index contributed by atoms with van der Waals surface area (Å²) in [6, 6.07) is 10.0. The summed E-state index contributed by atoms with van der Waals surface area (Å²) in [6.45, 7) is 4.14. The van der Waals surface area contributed by atoms with Gasteiger partial charge in [-0.25, -0.2) is 4.79 Å². The van der Waals surface area contributed by atoms with Gasteiger partial charge in [0.05, 0.1) is 0 Å². The van der Waals surface area contributed by atoms with Crippen LogP contribution in [0.2, 0.25) is 0 Å². The smallest absolute Gasteiger partial charge is 0.351 e. The van der Waals surface area contributed by atoms with Crippen LogP contribution in [0, 0.1) is 0 Å². The summed E-state index contributed by atoms with van der Waals surface area (Å²) in [7, 11) is 0. The molecule has 0 aliphatic heterocycles. The van der Waals surface area contributed by atoms with Gasteiger partial charge in [0, 0.05) is 12.5 Å². The zero-order valence-electron chi connectivity index (χ0n) is 9.47. The minimum absolute atomic E-state index is 0.0697. The highest BCUT2D eigenvalue weighted by Crippen LogP contribution is 2.12. The minimum Gasteiger partial charge on any atom is -0.477 e. The second-order valence-electron chi connectivity index (χ2n) is 3.68. The molecule has 1 aromatic rings. The van der Waals surface area contributed by atoms with E-state index in [1.54, 1.807) is 0 Å². The van der Waals surface area contributed by atoms with E-state index in [1.165, 1.54) is 12.5 Å². The van der Waals surface area contributed by atoms with Gasteiger partial charge in [-0.2, -0.15) is 5.10 Å². The lowest BCUT2D eigenvalue weighted by Crippen LogP contribution is -2.19. The maximum atomic E-state index is 10.5. The number of rotatable bonds is 5. The highest BCUT2D eigenvalue weighted by atomic mass is 16.4. The van der Waals surface area contributed by atoms with Crippen LogP contribution in [0.3, 0.4) is 0 Å². The predicted octanol–water partition coefficient (Wildman–Crippen LogP) is 1.84. The van der Waals surface area contributed by atoms with Gasteiger partial charge in [0.25, 0.3) is 0 Å². The van der Waals surface area contributed by atoms with E-state index in [0.717, 1.165) is 0 Å². The lowest BCUT2D eigenvalue weighted by Gasteiger charge is -2.11. The Morgan fingerprint density at radius 3 is 2.62 bits per heavy atom. The van der Waals surface area contributed by atoms with Crippen molar-refractivity contribution in [3.05, 3.63) is 35.9 Å². The van der Waals surface area contributed by atoms with Gasteiger partial charge in [0.1, 0.15) is 5.71 Å². The summed E-state index contributed by atoms with van der Waals surface area (Å²) in [4.78, 5) is 10.5. The molecule has 0 amide bonds. The number of hydrogen-bond acceptors (Lipinski definition) is 3. The predicted molar refractivity (Wildman–Crippen MR) is 63.6 cm³/mol. The zero-order chi connectivity index (χ0) is 12.0. The Hall–Kier alpha value is -1.84. The van der Waals surface area contributed by atoms with E-state index in [0.29, 0.717) is 12.5 Å². The number of carboxylic acid groups (broad SMARTS) is 1. The molecule has 0 fully saturated rings. The van der Waals surface area contributed by atoms with Gasteiger partial charge in [-0.05, 0) is 12.5 Å². The molecule has 2 N–H and O–H groups in total. The van der Waals surface area contributed by atoms with Crippen molar-refractivity contribution in [3.63, 3.8) is 0 Å². The Labute approximate surface area is 95.0 Å². The van der Waals surface area contributed by atoms with Crippen molar-refractivity contribution in [2.24, 2.45) is 5.10 Å². The molecule has 4 nitrogen and oxygen atoms in total. The molecular formula is C12H16N2O2. The SMILES string of the molecule is C/C(=N/NCC(C)c1ccccc1)C(=O)O. The first kappa shape index (κ1) is 12.2. The molecule has 0 heterocycles. The number of aliphatic carboxylic acids is 1. The van der Waals surface area contributed by atoms with Gasteiger partial charge in [0.2, 0.25) is 0 Å². The molecule has 0 aromatic heterocycles.